The summed E-state index contributed by atoms with van der Waals surface area (Å²) >= 11 is 0. The molecule has 0 N–H and O–H groups in total. The molecule has 0 bridgehead atoms. The minimum atomic E-state index is -2.72. The van der Waals surface area contributed by atoms with Gasteiger partial charge in [0.05, 0.1) is 18.7 Å². The third kappa shape index (κ3) is 4.92. The Morgan fingerprint density at radius 2 is 1.47 bits per heavy atom. The van der Waals surface area contributed by atoms with Gasteiger partial charge in [0.15, 0.2) is 0 Å². The summed E-state index contributed by atoms with van der Waals surface area (Å²) in [5.74, 6) is 2.78. The Labute approximate surface area is 194 Å². The van der Waals surface area contributed by atoms with Crippen LogP contribution < -0.4 is 10.4 Å². The van der Waals surface area contributed by atoms with E-state index in [4.69, 9.17) is 15.6 Å². The van der Waals surface area contributed by atoms with Crippen molar-refractivity contribution in [3.8, 4) is 12.3 Å². The number of carbonyl (C=O) groups excluding carboxylic acids is 1. The van der Waals surface area contributed by atoms with Crippen LogP contribution in [-0.2, 0) is 9.16 Å². The summed E-state index contributed by atoms with van der Waals surface area (Å²) in [7, 11) is -2.72. The predicted octanol–water partition coefficient (Wildman–Crippen LogP) is 4.57. The van der Waals surface area contributed by atoms with E-state index in [1.165, 1.54) is 10.4 Å². The molecule has 0 saturated carbocycles. The summed E-state index contributed by atoms with van der Waals surface area (Å²) in [5, 5.41) is 2.29. The minimum Gasteiger partial charge on any atom is -0.444 e. The molecule has 1 amide bonds. The maximum atomic E-state index is 12.8. The first-order chi connectivity index (χ1) is 15.0. The topological polar surface area (TPSA) is 38.8 Å². The molecule has 0 aliphatic carbocycles. The summed E-state index contributed by atoms with van der Waals surface area (Å²) in [4.78, 5) is 14.5. The van der Waals surface area contributed by atoms with Crippen molar-refractivity contribution in [2.45, 2.75) is 70.7 Å². The van der Waals surface area contributed by atoms with Crippen LogP contribution in [-0.4, -0.2) is 43.6 Å². The number of nitrogens with zero attached hydrogens (tertiary/aromatic N) is 1. The summed E-state index contributed by atoms with van der Waals surface area (Å²) in [5.41, 5.74) is -0.576. The van der Waals surface area contributed by atoms with Crippen LogP contribution in [0.5, 0.6) is 0 Å². The Morgan fingerprint density at radius 1 is 0.969 bits per heavy atom. The molecular weight excluding hydrogens is 414 g/mol. The summed E-state index contributed by atoms with van der Waals surface area (Å²) in [6.07, 6.45) is 5.86. The van der Waals surface area contributed by atoms with E-state index >= 15 is 0 Å². The molecule has 0 unspecified atom stereocenters. The van der Waals surface area contributed by atoms with Crippen LogP contribution in [0.2, 0.25) is 5.04 Å². The van der Waals surface area contributed by atoms with Crippen LogP contribution in [0, 0.1) is 12.3 Å². The van der Waals surface area contributed by atoms with Gasteiger partial charge in [0.2, 0.25) is 0 Å². The monoisotopic (exact) mass is 449 g/mol. The average Bonchev–Trinajstić information content (AvgIpc) is 3.14. The first-order valence-electron chi connectivity index (χ1n) is 11.2. The number of carbonyl (C=O) groups is 1. The van der Waals surface area contributed by atoms with Crippen molar-refractivity contribution in [2.75, 3.05) is 6.54 Å². The molecule has 32 heavy (non-hydrogen) atoms. The van der Waals surface area contributed by atoms with Crippen molar-refractivity contribution in [1.82, 2.24) is 4.90 Å². The number of terminal acetylenes is 1. The fourth-order valence-corrected chi connectivity index (χ4v) is 9.19. The second kappa shape index (κ2) is 9.13. The summed E-state index contributed by atoms with van der Waals surface area (Å²) in [6, 6.07) is 20.7. The molecule has 0 radical (unpaired) electrons. The van der Waals surface area contributed by atoms with E-state index in [2.05, 4.69) is 75.2 Å². The number of benzene rings is 2. The second-order valence-corrected chi connectivity index (χ2v) is 14.7. The van der Waals surface area contributed by atoms with Crippen LogP contribution in [0.15, 0.2) is 60.7 Å². The van der Waals surface area contributed by atoms with Crippen molar-refractivity contribution < 1.29 is 14.0 Å². The second-order valence-electron chi connectivity index (χ2n) is 10.5. The van der Waals surface area contributed by atoms with Gasteiger partial charge >= 0.3 is 6.09 Å². The highest BCUT2D eigenvalue weighted by molar-refractivity contribution is 6.99. The van der Waals surface area contributed by atoms with Crippen molar-refractivity contribution in [1.29, 1.82) is 0 Å². The Bertz CT molecular complexity index is 915. The van der Waals surface area contributed by atoms with Gasteiger partial charge in [0.1, 0.15) is 5.60 Å². The van der Waals surface area contributed by atoms with Crippen LogP contribution in [0.3, 0.4) is 0 Å². The van der Waals surface area contributed by atoms with Gasteiger partial charge in [-0.05, 0) is 36.2 Å². The smallest absolute Gasteiger partial charge is 0.411 e. The maximum Gasteiger partial charge on any atom is 0.411 e. The number of likely N-dealkylation sites (tertiary alicyclic amines) is 1. The molecule has 4 nitrogen and oxygen atoms in total. The van der Waals surface area contributed by atoms with Crippen LogP contribution in [0.4, 0.5) is 4.79 Å². The quantitative estimate of drug-likeness (QED) is 0.507. The van der Waals surface area contributed by atoms with Crippen molar-refractivity contribution >= 4 is 24.8 Å². The van der Waals surface area contributed by atoms with E-state index in [9.17, 15) is 4.79 Å². The average molecular weight is 450 g/mol. The van der Waals surface area contributed by atoms with Crippen molar-refractivity contribution in [2.24, 2.45) is 0 Å². The molecule has 0 spiro atoms. The number of ether oxygens (including phenoxy) is 1. The molecule has 1 aliphatic rings. The zero-order chi connectivity index (χ0) is 23.6. The standard InChI is InChI=1S/C27H35NO3Si/c1-8-21-19-22(20-28(21)25(29)30-26(2,3)4)31-32(27(5,6)7,23-15-11-9-12-16-23)24-17-13-10-14-18-24/h1,9-18,21-22H,19-20H2,2-7H3/t21-,22+/m0/s1. The lowest BCUT2D eigenvalue weighted by atomic mass is 10.2. The highest BCUT2D eigenvalue weighted by Crippen LogP contribution is 2.39. The molecule has 2 aromatic rings. The maximum absolute atomic E-state index is 12.8. The Morgan fingerprint density at radius 3 is 1.88 bits per heavy atom. The predicted molar refractivity (Wildman–Crippen MR) is 133 cm³/mol. The number of amides is 1. The third-order valence-electron chi connectivity index (χ3n) is 5.84. The molecule has 2 atom stereocenters. The van der Waals surface area contributed by atoms with E-state index < -0.39 is 13.9 Å². The molecule has 5 heteroatoms. The SMILES string of the molecule is C#C[C@H]1C[C@@H](O[Si](c2ccccc2)(c2ccccc2)C(C)(C)C)CN1C(=O)OC(C)(C)C. The first kappa shape index (κ1) is 24.1. The van der Waals surface area contributed by atoms with Gasteiger partial charge in [-0.15, -0.1) is 6.42 Å². The zero-order valence-corrected chi connectivity index (χ0v) is 21.1. The van der Waals surface area contributed by atoms with E-state index in [1.807, 2.05) is 32.9 Å². The molecule has 1 heterocycles. The Hall–Kier alpha value is -2.55. The van der Waals surface area contributed by atoms with Gasteiger partial charge in [0.25, 0.3) is 8.32 Å². The molecule has 1 saturated heterocycles. The molecule has 170 valence electrons. The Kier molecular flexibility index (Phi) is 6.88. The lowest BCUT2D eigenvalue weighted by Crippen LogP contribution is -2.67. The third-order valence-corrected chi connectivity index (χ3v) is 10.9. The van der Waals surface area contributed by atoms with E-state index in [0.717, 1.165) is 0 Å². The molecule has 0 aromatic heterocycles. The van der Waals surface area contributed by atoms with Gasteiger partial charge in [0, 0.05) is 6.42 Å². The highest BCUT2D eigenvalue weighted by Gasteiger charge is 2.53. The summed E-state index contributed by atoms with van der Waals surface area (Å²) < 4.78 is 12.8. The van der Waals surface area contributed by atoms with E-state index in [1.54, 1.807) is 4.90 Å². The molecule has 3 rings (SSSR count). The van der Waals surface area contributed by atoms with E-state index in [0.29, 0.717) is 13.0 Å². The fourth-order valence-electron chi connectivity index (χ4n) is 4.50. The van der Waals surface area contributed by atoms with Crippen LogP contribution in [0.25, 0.3) is 0 Å². The lowest BCUT2D eigenvalue weighted by molar-refractivity contribution is 0.0243. The molecule has 1 fully saturated rings. The van der Waals surface area contributed by atoms with Gasteiger partial charge in [-0.2, -0.15) is 0 Å². The van der Waals surface area contributed by atoms with Crippen LogP contribution >= 0.6 is 0 Å². The van der Waals surface area contributed by atoms with E-state index in [-0.39, 0.29) is 23.3 Å². The highest BCUT2D eigenvalue weighted by atomic mass is 28.4. The van der Waals surface area contributed by atoms with Gasteiger partial charge in [-0.1, -0.05) is 87.4 Å². The number of rotatable bonds is 4. The number of hydrogen-bond acceptors (Lipinski definition) is 3. The number of hydrogen-bond donors (Lipinski definition) is 0. The normalized spacial score (nSPS) is 19.5. The van der Waals surface area contributed by atoms with Gasteiger partial charge in [-0.3, -0.25) is 4.90 Å². The molecular formula is C27H35NO3Si. The first-order valence-corrected chi connectivity index (χ1v) is 13.1. The van der Waals surface area contributed by atoms with Crippen LogP contribution in [0.1, 0.15) is 48.0 Å². The fraction of sp³-hybridized carbons (Fsp3) is 0.444. The Balaban J connectivity index is 2.01. The molecule has 2 aromatic carbocycles. The van der Waals surface area contributed by atoms with Gasteiger partial charge < -0.3 is 9.16 Å². The van der Waals surface area contributed by atoms with Crippen molar-refractivity contribution in [3.05, 3.63) is 60.7 Å². The zero-order valence-electron chi connectivity index (χ0n) is 20.1. The molecule has 1 aliphatic heterocycles. The van der Waals surface area contributed by atoms with Crippen molar-refractivity contribution in [3.63, 3.8) is 0 Å². The van der Waals surface area contributed by atoms with Gasteiger partial charge in [-0.25, -0.2) is 4.79 Å². The lowest BCUT2D eigenvalue weighted by Gasteiger charge is -2.44. The summed E-state index contributed by atoms with van der Waals surface area (Å²) in [6.45, 7) is 12.8. The largest absolute Gasteiger partial charge is 0.444 e. The minimum absolute atomic E-state index is 0.138.